The molecule has 0 unspecified atom stereocenters. The molecule has 0 aliphatic carbocycles. The Morgan fingerprint density at radius 3 is 2.77 bits per heavy atom. The van der Waals surface area contributed by atoms with Crippen molar-refractivity contribution >= 4 is 12.0 Å². The van der Waals surface area contributed by atoms with Crippen molar-refractivity contribution in [2.24, 2.45) is 0 Å². The number of hydrogen-bond acceptors (Lipinski definition) is 2. The van der Waals surface area contributed by atoms with Crippen molar-refractivity contribution in [3.8, 4) is 0 Å². The van der Waals surface area contributed by atoms with Gasteiger partial charge >= 0.3 is 0 Å². The van der Waals surface area contributed by atoms with Crippen LogP contribution in [0, 0.1) is 19.7 Å². The lowest BCUT2D eigenvalue weighted by atomic mass is 10.1. The number of halogens is 1. The van der Waals surface area contributed by atoms with Crippen LogP contribution in [0.4, 0.5) is 4.39 Å². The van der Waals surface area contributed by atoms with Crippen molar-refractivity contribution in [2.45, 2.75) is 20.4 Å². The molecule has 0 aliphatic heterocycles. The van der Waals surface area contributed by atoms with Crippen LogP contribution < -0.4 is 10.9 Å². The van der Waals surface area contributed by atoms with E-state index in [2.05, 4.69) is 10.3 Å². The molecular formula is C17H17FN2O2. The summed E-state index contributed by atoms with van der Waals surface area (Å²) in [5, 5.41) is 2.65. The van der Waals surface area contributed by atoms with Gasteiger partial charge in [-0.1, -0.05) is 12.1 Å². The maximum Gasteiger partial charge on any atom is 0.253 e. The van der Waals surface area contributed by atoms with Gasteiger partial charge in [0.1, 0.15) is 5.82 Å². The van der Waals surface area contributed by atoms with Crippen LogP contribution in [0.2, 0.25) is 0 Å². The number of rotatable bonds is 4. The van der Waals surface area contributed by atoms with Gasteiger partial charge in [0.15, 0.2) is 0 Å². The molecule has 0 bridgehead atoms. The van der Waals surface area contributed by atoms with Gasteiger partial charge < -0.3 is 10.3 Å². The third-order valence-corrected chi connectivity index (χ3v) is 3.21. The van der Waals surface area contributed by atoms with E-state index in [4.69, 9.17) is 0 Å². The Labute approximate surface area is 127 Å². The van der Waals surface area contributed by atoms with Gasteiger partial charge in [-0.2, -0.15) is 0 Å². The Morgan fingerprint density at radius 1 is 1.32 bits per heavy atom. The molecule has 2 aromatic rings. The van der Waals surface area contributed by atoms with Gasteiger partial charge in [0.25, 0.3) is 5.56 Å². The summed E-state index contributed by atoms with van der Waals surface area (Å²) in [6, 6.07) is 7.79. The molecule has 1 heterocycles. The smallest absolute Gasteiger partial charge is 0.253 e. The summed E-state index contributed by atoms with van der Waals surface area (Å²) in [4.78, 5) is 26.3. The Hall–Kier alpha value is -2.69. The second kappa shape index (κ2) is 6.85. The molecule has 4 nitrogen and oxygen atoms in total. The predicted molar refractivity (Wildman–Crippen MR) is 83.8 cm³/mol. The minimum atomic E-state index is -0.357. The van der Waals surface area contributed by atoms with E-state index in [1.165, 1.54) is 24.3 Å². The number of nitrogens with one attached hydrogen (secondary N) is 2. The highest BCUT2D eigenvalue weighted by molar-refractivity contribution is 5.91. The molecule has 5 heteroatoms. The third-order valence-electron chi connectivity index (χ3n) is 3.21. The Kier molecular flexibility index (Phi) is 4.88. The van der Waals surface area contributed by atoms with Crippen LogP contribution in [0.15, 0.2) is 41.2 Å². The number of amides is 1. The lowest BCUT2D eigenvalue weighted by molar-refractivity contribution is -0.116. The quantitative estimate of drug-likeness (QED) is 0.852. The van der Waals surface area contributed by atoms with Gasteiger partial charge in [0, 0.05) is 23.9 Å². The summed E-state index contributed by atoms with van der Waals surface area (Å²) < 4.78 is 13.0. The summed E-state index contributed by atoms with van der Waals surface area (Å²) in [7, 11) is 0. The number of pyridine rings is 1. The van der Waals surface area contributed by atoms with Gasteiger partial charge in [-0.25, -0.2) is 4.39 Å². The predicted octanol–water partition coefficient (Wildman–Crippen LogP) is 2.46. The van der Waals surface area contributed by atoms with Gasteiger partial charge in [-0.3, -0.25) is 9.59 Å². The summed E-state index contributed by atoms with van der Waals surface area (Å²) >= 11 is 0. The number of carbonyl (C=O) groups is 1. The molecule has 22 heavy (non-hydrogen) atoms. The molecule has 114 valence electrons. The monoisotopic (exact) mass is 300 g/mol. The van der Waals surface area contributed by atoms with E-state index >= 15 is 0 Å². The maximum absolute atomic E-state index is 13.0. The first kappa shape index (κ1) is 15.7. The average molecular weight is 300 g/mol. The number of aryl methyl sites for hydroxylation is 2. The minimum Gasteiger partial charge on any atom is -0.348 e. The van der Waals surface area contributed by atoms with E-state index in [0.717, 1.165) is 11.3 Å². The fraction of sp³-hybridized carbons (Fsp3) is 0.176. The summed E-state index contributed by atoms with van der Waals surface area (Å²) in [6.45, 7) is 3.78. The second-order valence-electron chi connectivity index (χ2n) is 5.05. The second-order valence-corrected chi connectivity index (χ2v) is 5.05. The van der Waals surface area contributed by atoms with Crippen LogP contribution in [-0.4, -0.2) is 10.9 Å². The van der Waals surface area contributed by atoms with Crippen LogP contribution in [0.3, 0.4) is 0 Å². The first-order valence-corrected chi connectivity index (χ1v) is 6.86. The van der Waals surface area contributed by atoms with Gasteiger partial charge in [0.2, 0.25) is 5.91 Å². The fourth-order valence-corrected chi connectivity index (χ4v) is 2.12. The van der Waals surface area contributed by atoms with Crippen molar-refractivity contribution in [1.29, 1.82) is 0 Å². The Bertz CT molecular complexity index is 778. The molecule has 2 rings (SSSR count). The number of H-pyrrole nitrogens is 1. The van der Waals surface area contributed by atoms with E-state index in [1.807, 2.05) is 13.0 Å². The Balaban J connectivity index is 2.00. The zero-order chi connectivity index (χ0) is 16.1. The largest absolute Gasteiger partial charge is 0.348 e. The standard InChI is InChI=1S/C17H17FN2O2/c1-11-8-12(2)20-17(22)15(11)10-19-16(21)7-6-13-4-3-5-14(18)9-13/h3-9H,10H2,1-2H3,(H,19,21)(H,20,22). The van der Waals surface area contributed by atoms with Crippen LogP contribution in [0.25, 0.3) is 6.08 Å². The number of carbonyl (C=O) groups excluding carboxylic acids is 1. The molecule has 1 amide bonds. The molecule has 0 spiro atoms. The zero-order valence-corrected chi connectivity index (χ0v) is 12.4. The molecule has 0 atom stereocenters. The average Bonchev–Trinajstić information content (AvgIpc) is 2.44. The van der Waals surface area contributed by atoms with E-state index in [-0.39, 0.29) is 23.8 Å². The van der Waals surface area contributed by atoms with E-state index in [0.29, 0.717) is 11.1 Å². The molecule has 1 aromatic carbocycles. The molecule has 0 saturated heterocycles. The maximum atomic E-state index is 13.0. The van der Waals surface area contributed by atoms with E-state index in [9.17, 15) is 14.0 Å². The summed E-state index contributed by atoms with van der Waals surface area (Å²) in [5.74, 6) is -0.701. The van der Waals surface area contributed by atoms with Gasteiger partial charge in [-0.05, 0) is 49.2 Å². The first-order valence-electron chi connectivity index (χ1n) is 6.86. The van der Waals surface area contributed by atoms with Crippen LogP contribution in [0.1, 0.15) is 22.4 Å². The lowest BCUT2D eigenvalue weighted by Gasteiger charge is -2.06. The van der Waals surface area contributed by atoms with Gasteiger partial charge in [0.05, 0.1) is 0 Å². The van der Waals surface area contributed by atoms with Crippen molar-refractivity contribution < 1.29 is 9.18 Å². The highest BCUT2D eigenvalue weighted by atomic mass is 19.1. The van der Waals surface area contributed by atoms with E-state index < -0.39 is 0 Å². The normalized spacial score (nSPS) is 10.9. The van der Waals surface area contributed by atoms with Crippen LogP contribution in [-0.2, 0) is 11.3 Å². The van der Waals surface area contributed by atoms with Crippen molar-refractivity contribution in [3.05, 3.63) is 75.0 Å². The highest BCUT2D eigenvalue weighted by Gasteiger charge is 2.06. The zero-order valence-electron chi connectivity index (χ0n) is 12.4. The molecule has 0 fully saturated rings. The number of hydrogen-bond donors (Lipinski definition) is 2. The summed E-state index contributed by atoms with van der Waals surface area (Å²) in [6.07, 6.45) is 2.83. The first-order chi connectivity index (χ1) is 10.5. The lowest BCUT2D eigenvalue weighted by Crippen LogP contribution is -2.26. The van der Waals surface area contributed by atoms with Crippen molar-refractivity contribution in [1.82, 2.24) is 10.3 Å². The highest BCUT2D eigenvalue weighted by Crippen LogP contribution is 2.06. The molecule has 1 aromatic heterocycles. The molecule has 0 aliphatic rings. The molecule has 2 N–H and O–H groups in total. The van der Waals surface area contributed by atoms with Crippen molar-refractivity contribution in [2.75, 3.05) is 0 Å². The summed E-state index contributed by atoms with van der Waals surface area (Å²) in [5.41, 5.74) is 2.53. The number of aromatic nitrogens is 1. The van der Waals surface area contributed by atoms with Crippen molar-refractivity contribution in [3.63, 3.8) is 0 Å². The topological polar surface area (TPSA) is 62.0 Å². The van der Waals surface area contributed by atoms with Crippen LogP contribution in [0.5, 0.6) is 0 Å². The van der Waals surface area contributed by atoms with Gasteiger partial charge in [-0.15, -0.1) is 0 Å². The van der Waals surface area contributed by atoms with E-state index in [1.54, 1.807) is 19.1 Å². The Morgan fingerprint density at radius 2 is 2.09 bits per heavy atom. The van der Waals surface area contributed by atoms with Crippen LogP contribution >= 0.6 is 0 Å². The number of aromatic amines is 1. The molecule has 0 saturated carbocycles. The number of benzene rings is 1. The molecular weight excluding hydrogens is 283 g/mol. The SMILES string of the molecule is Cc1cc(C)c(CNC(=O)C=Cc2cccc(F)c2)c(=O)[nH]1. The molecule has 0 radical (unpaired) electrons. The minimum absolute atomic E-state index is 0.147. The fourth-order valence-electron chi connectivity index (χ4n) is 2.12. The third kappa shape index (κ3) is 4.15.